The van der Waals surface area contributed by atoms with Crippen LogP contribution in [0.1, 0.15) is 13.8 Å². The smallest absolute Gasteiger partial charge is 0.242 e. The third-order valence-electron chi connectivity index (χ3n) is 2.64. The van der Waals surface area contributed by atoms with Gasteiger partial charge in [-0.15, -0.1) is 0 Å². The van der Waals surface area contributed by atoms with E-state index in [1.165, 1.54) is 0 Å². The second-order valence-corrected chi connectivity index (χ2v) is 3.84. The van der Waals surface area contributed by atoms with Crippen LogP contribution in [0.3, 0.4) is 0 Å². The standard InChI is InChI=1S/C12H20N4O/c1-4-16(5-2)12(17)9-15(3)11-8-6-7-10(13)14-11/h6-8H,4-5,9H2,1-3H3,(H2,13,14). The van der Waals surface area contributed by atoms with Crippen LogP contribution in [-0.4, -0.2) is 42.5 Å². The van der Waals surface area contributed by atoms with E-state index in [0.29, 0.717) is 18.2 Å². The molecule has 1 amide bonds. The molecule has 0 fully saturated rings. The van der Waals surface area contributed by atoms with Crippen molar-refractivity contribution in [3.05, 3.63) is 18.2 Å². The molecule has 0 aliphatic carbocycles. The lowest BCUT2D eigenvalue weighted by atomic mass is 10.4. The highest BCUT2D eigenvalue weighted by Crippen LogP contribution is 2.10. The quantitative estimate of drug-likeness (QED) is 0.827. The number of carbonyl (C=O) groups is 1. The summed E-state index contributed by atoms with van der Waals surface area (Å²) in [4.78, 5) is 19.7. The third-order valence-corrected chi connectivity index (χ3v) is 2.64. The van der Waals surface area contributed by atoms with Gasteiger partial charge in [-0.1, -0.05) is 6.07 Å². The number of hydrogen-bond acceptors (Lipinski definition) is 4. The molecular formula is C12H20N4O. The Morgan fingerprint density at radius 2 is 2.00 bits per heavy atom. The number of aromatic nitrogens is 1. The number of likely N-dealkylation sites (N-methyl/N-ethyl adjacent to an activating group) is 2. The summed E-state index contributed by atoms with van der Waals surface area (Å²) in [7, 11) is 1.84. The Morgan fingerprint density at radius 1 is 1.35 bits per heavy atom. The first-order valence-corrected chi connectivity index (χ1v) is 5.79. The third kappa shape index (κ3) is 3.62. The number of nitrogens with two attached hydrogens (primary N) is 1. The van der Waals surface area contributed by atoms with E-state index in [4.69, 9.17) is 5.73 Å². The Balaban J connectivity index is 2.66. The Kier molecular flexibility index (Phi) is 4.75. The van der Waals surface area contributed by atoms with Crippen LogP contribution in [0.5, 0.6) is 0 Å². The van der Waals surface area contributed by atoms with Crippen molar-refractivity contribution in [3.63, 3.8) is 0 Å². The van der Waals surface area contributed by atoms with Gasteiger partial charge in [-0.2, -0.15) is 0 Å². The fraction of sp³-hybridized carbons (Fsp3) is 0.500. The van der Waals surface area contributed by atoms with Crippen LogP contribution in [0.15, 0.2) is 18.2 Å². The van der Waals surface area contributed by atoms with Crippen molar-refractivity contribution in [2.45, 2.75) is 13.8 Å². The summed E-state index contributed by atoms with van der Waals surface area (Å²) in [5.41, 5.74) is 5.61. The number of nitrogen functional groups attached to an aromatic ring is 1. The zero-order valence-electron chi connectivity index (χ0n) is 10.7. The molecule has 1 heterocycles. The summed E-state index contributed by atoms with van der Waals surface area (Å²) in [6.45, 7) is 5.72. The molecule has 2 N–H and O–H groups in total. The van der Waals surface area contributed by atoms with Gasteiger partial charge in [0.05, 0.1) is 6.54 Å². The Morgan fingerprint density at radius 3 is 2.53 bits per heavy atom. The fourth-order valence-corrected chi connectivity index (χ4v) is 1.61. The number of hydrogen-bond donors (Lipinski definition) is 1. The van der Waals surface area contributed by atoms with E-state index in [1.54, 1.807) is 15.9 Å². The molecular weight excluding hydrogens is 216 g/mol. The Bertz CT molecular complexity index is 377. The van der Waals surface area contributed by atoms with Crippen LogP contribution in [0.2, 0.25) is 0 Å². The van der Waals surface area contributed by atoms with Crippen LogP contribution in [0, 0.1) is 0 Å². The van der Waals surface area contributed by atoms with Gasteiger partial charge in [0.2, 0.25) is 5.91 Å². The first-order chi connectivity index (χ1) is 8.08. The van der Waals surface area contributed by atoms with Gasteiger partial charge in [-0.05, 0) is 26.0 Å². The molecule has 0 saturated carbocycles. The number of carbonyl (C=O) groups excluding carboxylic acids is 1. The van der Waals surface area contributed by atoms with Crippen molar-refractivity contribution < 1.29 is 4.79 Å². The minimum atomic E-state index is 0.0988. The summed E-state index contributed by atoms with van der Waals surface area (Å²) in [5.74, 6) is 1.27. The first-order valence-electron chi connectivity index (χ1n) is 5.79. The topological polar surface area (TPSA) is 62.5 Å². The highest BCUT2D eigenvalue weighted by molar-refractivity contribution is 5.81. The van der Waals surface area contributed by atoms with Crippen molar-refractivity contribution in [1.82, 2.24) is 9.88 Å². The minimum absolute atomic E-state index is 0.0988. The monoisotopic (exact) mass is 236 g/mol. The molecule has 0 saturated heterocycles. The molecule has 0 unspecified atom stereocenters. The lowest BCUT2D eigenvalue weighted by Gasteiger charge is -2.23. The predicted molar refractivity (Wildman–Crippen MR) is 69.8 cm³/mol. The van der Waals surface area contributed by atoms with Crippen molar-refractivity contribution in [2.75, 3.05) is 37.3 Å². The largest absolute Gasteiger partial charge is 0.384 e. The molecule has 1 aromatic rings. The van der Waals surface area contributed by atoms with Gasteiger partial charge in [0.1, 0.15) is 11.6 Å². The molecule has 0 bridgehead atoms. The summed E-state index contributed by atoms with van der Waals surface area (Å²) in [6, 6.07) is 5.39. The van der Waals surface area contributed by atoms with E-state index in [1.807, 2.05) is 33.0 Å². The maximum Gasteiger partial charge on any atom is 0.242 e. The number of rotatable bonds is 5. The van der Waals surface area contributed by atoms with Crippen molar-refractivity contribution in [1.29, 1.82) is 0 Å². The average molecular weight is 236 g/mol. The van der Waals surface area contributed by atoms with E-state index in [0.717, 1.165) is 13.1 Å². The molecule has 0 aromatic carbocycles. The van der Waals surface area contributed by atoms with Gasteiger partial charge in [-0.25, -0.2) is 4.98 Å². The number of pyridine rings is 1. The molecule has 5 heteroatoms. The van der Waals surface area contributed by atoms with Crippen LogP contribution in [0.25, 0.3) is 0 Å². The maximum absolute atomic E-state index is 11.9. The molecule has 1 aromatic heterocycles. The van der Waals surface area contributed by atoms with Gasteiger partial charge in [-0.3, -0.25) is 4.79 Å². The zero-order chi connectivity index (χ0) is 12.8. The predicted octanol–water partition coefficient (Wildman–Crippen LogP) is 0.968. The molecule has 0 atom stereocenters. The van der Waals surface area contributed by atoms with Gasteiger partial charge in [0, 0.05) is 20.1 Å². The molecule has 0 radical (unpaired) electrons. The van der Waals surface area contributed by atoms with Gasteiger partial charge >= 0.3 is 0 Å². The normalized spacial score (nSPS) is 10.1. The fourth-order valence-electron chi connectivity index (χ4n) is 1.61. The molecule has 94 valence electrons. The van der Waals surface area contributed by atoms with E-state index >= 15 is 0 Å². The maximum atomic E-state index is 11.9. The summed E-state index contributed by atoms with van der Waals surface area (Å²) >= 11 is 0. The van der Waals surface area contributed by atoms with E-state index < -0.39 is 0 Å². The molecule has 5 nitrogen and oxygen atoms in total. The first kappa shape index (κ1) is 13.3. The molecule has 0 aliphatic rings. The van der Waals surface area contributed by atoms with Crippen LogP contribution >= 0.6 is 0 Å². The van der Waals surface area contributed by atoms with Crippen LogP contribution in [0.4, 0.5) is 11.6 Å². The second kappa shape index (κ2) is 6.08. The van der Waals surface area contributed by atoms with E-state index in [9.17, 15) is 4.79 Å². The van der Waals surface area contributed by atoms with Crippen molar-refractivity contribution in [3.8, 4) is 0 Å². The number of anilines is 2. The average Bonchev–Trinajstić information content (AvgIpc) is 2.30. The lowest BCUT2D eigenvalue weighted by molar-refractivity contribution is -0.129. The van der Waals surface area contributed by atoms with Gasteiger partial charge < -0.3 is 15.5 Å². The Labute approximate surface area is 102 Å². The lowest BCUT2D eigenvalue weighted by Crippen LogP contribution is -2.39. The van der Waals surface area contributed by atoms with Crippen molar-refractivity contribution >= 4 is 17.5 Å². The number of amides is 1. The van der Waals surface area contributed by atoms with Crippen molar-refractivity contribution in [2.24, 2.45) is 0 Å². The van der Waals surface area contributed by atoms with Gasteiger partial charge in [0.25, 0.3) is 0 Å². The van der Waals surface area contributed by atoms with E-state index in [2.05, 4.69) is 4.98 Å². The Hall–Kier alpha value is -1.78. The summed E-state index contributed by atoms with van der Waals surface area (Å²) < 4.78 is 0. The molecule has 0 aliphatic heterocycles. The highest BCUT2D eigenvalue weighted by Gasteiger charge is 2.13. The molecule has 17 heavy (non-hydrogen) atoms. The molecule has 0 spiro atoms. The van der Waals surface area contributed by atoms with Crippen LogP contribution < -0.4 is 10.6 Å². The highest BCUT2D eigenvalue weighted by atomic mass is 16.2. The summed E-state index contributed by atoms with van der Waals surface area (Å²) in [5, 5.41) is 0. The number of nitrogens with zero attached hydrogens (tertiary/aromatic N) is 3. The SMILES string of the molecule is CCN(CC)C(=O)CN(C)c1cccc(N)n1. The molecule has 1 rings (SSSR count). The zero-order valence-corrected chi connectivity index (χ0v) is 10.7. The second-order valence-electron chi connectivity index (χ2n) is 3.84. The minimum Gasteiger partial charge on any atom is -0.384 e. The van der Waals surface area contributed by atoms with E-state index in [-0.39, 0.29) is 5.91 Å². The van der Waals surface area contributed by atoms with Gasteiger partial charge in [0.15, 0.2) is 0 Å². The van der Waals surface area contributed by atoms with Crippen LogP contribution in [-0.2, 0) is 4.79 Å². The summed E-state index contributed by atoms with van der Waals surface area (Å²) in [6.07, 6.45) is 0.